The van der Waals surface area contributed by atoms with Crippen molar-refractivity contribution in [3.63, 3.8) is 0 Å². The van der Waals surface area contributed by atoms with Gasteiger partial charge in [0.15, 0.2) is 0 Å². The van der Waals surface area contributed by atoms with Crippen LogP contribution in [0.2, 0.25) is 0 Å². The molecule has 0 bridgehead atoms. The lowest BCUT2D eigenvalue weighted by atomic mass is 10.1. The lowest BCUT2D eigenvalue weighted by Gasteiger charge is -2.10. The third kappa shape index (κ3) is 5.38. The van der Waals surface area contributed by atoms with Crippen molar-refractivity contribution >= 4 is 10.0 Å². The van der Waals surface area contributed by atoms with Crippen molar-refractivity contribution in [2.45, 2.75) is 25.2 Å². The third-order valence-electron chi connectivity index (χ3n) is 2.80. The van der Waals surface area contributed by atoms with E-state index in [9.17, 15) is 8.42 Å². The van der Waals surface area contributed by atoms with E-state index in [4.69, 9.17) is 9.84 Å². The number of aliphatic hydroxyl groups excluding tert-OH is 1. The Morgan fingerprint density at radius 2 is 2.10 bits per heavy atom. The van der Waals surface area contributed by atoms with Crippen molar-refractivity contribution in [3.05, 3.63) is 23.8 Å². The molecule has 0 aliphatic heterocycles. The summed E-state index contributed by atoms with van der Waals surface area (Å²) in [5.74, 6) is 6.06. The van der Waals surface area contributed by atoms with E-state index in [-0.39, 0.29) is 11.5 Å². The predicted octanol–water partition coefficient (Wildman–Crippen LogP) is 1.36. The van der Waals surface area contributed by atoms with Gasteiger partial charge in [0, 0.05) is 6.54 Å². The van der Waals surface area contributed by atoms with Gasteiger partial charge in [0.05, 0.1) is 17.6 Å². The van der Waals surface area contributed by atoms with Crippen molar-refractivity contribution in [1.29, 1.82) is 0 Å². The number of benzene rings is 1. The molecule has 1 aromatic carbocycles. The summed E-state index contributed by atoms with van der Waals surface area (Å²) >= 11 is 0. The number of rotatable bonds is 6. The van der Waals surface area contributed by atoms with Crippen LogP contribution in [0.25, 0.3) is 0 Å². The Morgan fingerprint density at radius 1 is 1.38 bits per heavy atom. The van der Waals surface area contributed by atoms with Gasteiger partial charge >= 0.3 is 0 Å². The molecule has 0 atom stereocenters. The molecule has 6 heteroatoms. The van der Waals surface area contributed by atoms with Gasteiger partial charge in [-0.3, -0.25) is 0 Å². The van der Waals surface area contributed by atoms with Crippen LogP contribution in [0.5, 0.6) is 5.75 Å². The zero-order chi connectivity index (χ0) is 15.9. The number of methoxy groups -OCH3 is 1. The van der Waals surface area contributed by atoms with Crippen molar-refractivity contribution in [3.8, 4) is 17.6 Å². The fraction of sp³-hybridized carbons (Fsp3) is 0.467. The van der Waals surface area contributed by atoms with Gasteiger partial charge in [-0.15, -0.1) is 0 Å². The highest BCUT2D eigenvalue weighted by Gasteiger charge is 2.15. The molecule has 0 aliphatic rings. The van der Waals surface area contributed by atoms with Crippen LogP contribution in [-0.4, -0.2) is 33.8 Å². The maximum Gasteiger partial charge on any atom is 0.240 e. The van der Waals surface area contributed by atoms with E-state index >= 15 is 0 Å². The molecule has 1 aromatic rings. The molecule has 21 heavy (non-hydrogen) atoms. The number of ether oxygens (including phenoxy) is 1. The summed E-state index contributed by atoms with van der Waals surface area (Å²) in [6.07, 6.45) is 0.770. The molecule has 0 aromatic heterocycles. The van der Waals surface area contributed by atoms with Gasteiger partial charge in [0.1, 0.15) is 12.4 Å². The summed E-state index contributed by atoms with van der Waals surface area (Å²) in [4.78, 5) is 0.134. The SMILES string of the molecule is COc1ccc(S(=O)(=O)NCCC(C)C)cc1C#CCO. The Bertz CT molecular complexity index is 627. The minimum atomic E-state index is -3.56. The van der Waals surface area contributed by atoms with Crippen LogP contribution in [-0.2, 0) is 10.0 Å². The Kier molecular flexibility index (Phi) is 6.69. The normalized spacial score (nSPS) is 11.1. The zero-order valence-electron chi connectivity index (χ0n) is 12.5. The van der Waals surface area contributed by atoms with E-state index in [2.05, 4.69) is 16.6 Å². The van der Waals surface area contributed by atoms with Crippen molar-refractivity contribution in [2.75, 3.05) is 20.3 Å². The number of sulfonamides is 1. The molecule has 0 amide bonds. The molecular weight excluding hydrogens is 290 g/mol. The first kappa shape index (κ1) is 17.5. The molecular formula is C15H21NO4S. The molecule has 0 saturated carbocycles. The molecule has 1 rings (SSSR count). The fourth-order valence-corrected chi connectivity index (χ4v) is 2.73. The zero-order valence-corrected chi connectivity index (χ0v) is 13.3. The molecule has 0 aliphatic carbocycles. The first-order valence-corrected chi connectivity index (χ1v) is 8.16. The first-order valence-electron chi connectivity index (χ1n) is 6.68. The van der Waals surface area contributed by atoms with Crippen molar-refractivity contribution in [2.24, 2.45) is 5.92 Å². The largest absolute Gasteiger partial charge is 0.495 e. The van der Waals surface area contributed by atoms with E-state index in [1.165, 1.54) is 19.2 Å². The van der Waals surface area contributed by atoms with Crippen LogP contribution in [0.4, 0.5) is 0 Å². The smallest absolute Gasteiger partial charge is 0.240 e. The predicted molar refractivity (Wildman–Crippen MR) is 81.6 cm³/mol. The molecule has 5 nitrogen and oxygen atoms in total. The van der Waals surface area contributed by atoms with Gasteiger partial charge in [-0.05, 0) is 30.5 Å². The van der Waals surface area contributed by atoms with E-state index in [1.54, 1.807) is 6.07 Å². The van der Waals surface area contributed by atoms with Crippen LogP contribution in [0.15, 0.2) is 23.1 Å². The van der Waals surface area contributed by atoms with E-state index < -0.39 is 10.0 Å². The molecule has 0 unspecified atom stereocenters. The monoisotopic (exact) mass is 311 g/mol. The Hall–Kier alpha value is -1.55. The molecule has 0 heterocycles. The topological polar surface area (TPSA) is 75.6 Å². The van der Waals surface area contributed by atoms with Crippen LogP contribution in [0.3, 0.4) is 0 Å². The summed E-state index contributed by atoms with van der Waals surface area (Å²) in [6, 6.07) is 4.47. The second-order valence-corrected chi connectivity index (χ2v) is 6.67. The quantitative estimate of drug-likeness (QED) is 0.778. The van der Waals surface area contributed by atoms with Crippen molar-refractivity contribution in [1.82, 2.24) is 4.72 Å². The number of hydrogen-bond acceptors (Lipinski definition) is 4. The van der Waals surface area contributed by atoms with Crippen molar-refractivity contribution < 1.29 is 18.3 Å². The van der Waals surface area contributed by atoms with E-state index in [1.807, 2.05) is 13.8 Å². The number of aliphatic hydroxyl groups is 1. The molecule has 0 spiro atoms. The fourth-order valence-electron chi connectivity index (χ4n) is 1.65. The minimum Gasteiger partial charge on any atom is -0.495 e. The highest BCUT2D eigenvalue weighted by molar-refractivity contribution is 7.89. The number of nitrogens with one attached hydrogen (secondary N) is 1. The molecule has 0 radical (unpaired) electrons. The van der Waals surface area contributed by atoms with Gasteiger partial charge in [-0.25, -0.2) is 13.1 Å². The number of hydrogen-bond donors (Lipinski definition) is 2. The average Bonchev–Trinajstić information content (AvgIpc) is 2.44. The Morgan fingerprint density at radius 3 is 2.67 bits per heavy atom. The van der Waals surface area contributed by atoms with Crippen LogP contribution >= 0.6 is 0 Å². The summed E-state index contributed by atoms with van der Waals surface area (Å²) in [5.41, 5.74) is 0.429. The molecule has 116 valence electrons. The van der Waals surface area contributed by atoms with Crippen LogP contribution in [0, 0.1) is 17.8 Å². The van der Waals surface area contributed by atoms with Gasteiger partial charge < -0.3 is 9.84 Å². The first-order chi connectivity index (χ1) is 9.90. The lowest BCUT2D eigenvalue weighted by Crippen LogP contribution is -2.25. The summed E-state index contributed by atoms with van der Waals surface area (Å²) < 4.78 is 32.1. The molecule has 2 N–H and O–H groups in total. The third-order valence-corrected chi connectivity index (χ3v) is 4.26. The lowest BCUT2D eigenvalue weighted by molar-refractivity contribution is 0.350. The van der Waals surface area contributed by atoms with E-state index in [0.717, 1.165) is 6.42 Å². The average molecular weight is 311 g/mol. The standard InChI is InChI=1S/C15H21NO4S/c1-12(2)8-9-16-21(18,19)14-6-7-15(20-3)13(11-14)5-4-10-17/h6-7,11-12,16-17H,8-10H2,1-3H3. The van der Waals surface area contributed by atoms with Gasteiger partial charge in [-0.1, -0.05) is 25.7 Å². The molecule has 0 fully saturated rings. The second kappa shape index (κ2) is 8.03. The highest BCUT2D eigenvalue weighted by atomic mass is 32.2. The van der Waals surface area contributed by atoms with Crippen LogP contribution in [0.1, 0.15) is 25.8 Å². The van der Waals surface area contributed by atoms with Gasteiger partial charge in [0.25, 0.3) is 0 Å². The van der Waals surface area contributed by atoms with E-state index in [0.29, 0.717) is 23.8 Å². The van der Waals surface area contributed by atoms with Crippen LogP contribution < -0.4 is 9.46 Å². The highest BCUT2D eigenvalue weighted by Crippen LogP contribution is 2.21. The summed E-state index contributed by atoms with van der Waals surface area (Å²) in [6.45, 7) is 4.16. The Balaban J connectivity index is 3.02. The maximum atomic E-state index is 12.2. The summed E-state index contributed by atoms with van der Waals surface area (Å²) in [5, 5.41) is 8.74. The maximum absolute atomic E-state index is 12.2. The minimum absolute atomic E-state index is 0.134. The summed E-state index contributed by atoms with van der Waals surface area (Å²) in [7, 11) is -2.08. The molecule has 0 saturated heterocycles. The second-order valence-electron chi connectivity index (χ2n) is 4.90. The van der Waals surface area contributed by atoms with Gasteiger partial charge in [0.2, 0.25) is 10.0 Å². The van der Waals surface area contributed by atoms with Gasteiger partial charge in [-0.2, -0.15) is 0 Å². The Labute approximate surface area is 126 Å².